The van der Waals surface area contributed by atoms with E-state index in [4.69, 9.17) is 15.2 Å². The predicted octanol–water partition coefficient (Wildman–Crippen LogP) is 3.08. The highest BCUT2D eigenvalue weighted by Crippen LogP contribution is 2.38. The molecule has 1 aromatic heterocycles. The Morgan fingerprint density at radius 2 is 1.77 bits per heavy atom. The molecule has 1 aliphatic heterocycles. The molecule has 4 rings (SSSR count). The van der Waals surface area contributed by atoms with Crippen molar-refractivity contribution in [1.82, 2.24) is 4.57 Å². The molecule has 0 amide bonds. The number of methoxy groups -OCH3 is 1. The van der Waals surface area contributed by atoms with Crippen molar-refractivity contribution in [1.29, 1.82) is 0 Å². The number of fused-ring (bicyclic) bond motifs is 1. The van der Waals surface area contributed by atoms with Crippen molar-refractivity contribution < 1.29 is 19.1 Å². The molecule has 2 N–H and O–H groups in total. The normalized spacial score (nSPS) is 15.7. The molecule has 180 valence electrons. The van der Waals surface area contributed by atoms with Crippen molar-refractivity contribution in [3.63, 3.8) is 0 Å². The topological polar surface area (TPSA) is 101 Å². The van der Waals surface area contributed by atoms with Gasteiger partial charge < -0.3 is 15.2 Å². The maximum Gasteiger partial charge on any atom is 0.338 e. The third-order valence-electron chi connectivity index (χ3n) is 5.38. The Bertz CT molecular complexity index is 1550. The highest BCUT2D eigenvalue weighted by atomic mass is 79.9. The van der Waals surface area contributed by atoms with Crippen LogP contribution in [0.5, 0.6) is 0 Å². The number of hydrogen-bond acceptors (Lipinski definition) is 7. The number of carbonyl (C=O) groups excluding carboxylic acids is 2. The minimum absolute atomic E-state index is 0.00626. The summed E-state index contributed by atoms with van der Waals surface area (Å²) in [5.41, 5.74) is 7.58. The first-order valence-electron chi connectivity index (χ1n) is 10.5. The van der Waals surface area contributed by atoms with Crippen LogP contribution in [-0.4, -0.2) is 30.2 Å². The van der Waals surface area contributed by atoms with Crippen LogP contribution in [0.2, 0.25) is 0 Å². The van der Waals surface area contributed by atoms with E-state index in [9.17, 15) is 14.4 Å². The van der Waals surface area contributed by atoms with E-state index in [0.717, 1.165) is 25.8 Å². The summed E-state index contributed by atoms with van der Waals surface area (Å²) in [6.07, 6.45) is 1.71. The van der Waals surface area contributed by atoms with Gasteiger partial charge in [-0.2, -0.15) is 0 Å². The standard InChI is InChI=1S/C25H20Br2N2O5S/c1-3-34-25(32)19-18(14-7-5-9-16(27)12-14)20(24(31)33-2)23-29(21(19)28)22(30)17(35-23)11-13-6-4-8-15(26)10-13/h4-12,18H,3,28H2,1-2H3. The fraction of sp³-hybridized carbons (Fsp3) is 0.160. The molecule has 7 nitrogen and oxygen atoms in total. The second-order valence-electron chi connectivity index (χ2n) is 7.52. The number of ether oxygens (including phenoxy) is 2. The van der Waals surface area contributed by atoms with Crippen LogP contribution in [-0.2, 0) is 19.1 Å². The summed E-state index contributed by atoms with van der Waals surface area (Å²) in [6.45, 7) is 1.77. The maximum atomic E-state index is 13.5. The van der Waals surface area contributed by atoms with Gasteiger partial charge in [0.25, 0.3) is 5.56 Å². The predicted molar refractivity (Wildman–Crippen MR) is 142 cm³/mol. The quantitative estimate of drug-likeness (QED) is 0.441. The van der Waals surface area contributed by atoms with Gasteiger partial charge in [0.1, 0.15) is 10.5 Å². The van der Waals surface area contributed by atoms with Crippen LogP contribution in [0.4, 0.5) is 0 Å². The first-order chi connectivity index (χ1) is 16.8. The Balaban J connectivity index is 2.13. The zero-order chi connectivity index (χ0) is 25.3. The van der Waals surface area contributed by atoms with E-state index >= 15 is 0 Å². The molecule has 1 aliphatic rings. The van der Waals surface area contributed by atoms with Gasteiger partial charge in [0.05, 0.1) is 35.3 Å². The van der Waals surface area contributed by atoms with E-state index in [1.54, 1.807) is 31.2 Å². The number of thiazole rings is 1. The molecular weight excluding hydrogens is 600 g/mol. The lowest BCUT2D eigenvalue weighted by Gasteiger charge is -2.26. The first kappa shape index (κ1) is 25.2. The largest absolute Gasteiger partial charge is 0.466 e. The minimum Gasteiger partial charge on any atom is -0.466 e. The number of hydrogen-bond donors (Lipinski definition) is 1. The number of esters is 2. The highest BCUT2D eigenvalue weighted by Gasteiger charge is 2.39. The second kappa shape index (κ2) is 10.3. The van der Waals surface area contributed by atoms with Crippen LogP contribution in [0, 0.1) is 0 Å². The summed E-state index contributed by atoms with van der Waals surface area (Å²) >= 11 is 7.99. The number of carbonyl (C=O) groups is 2. The van der Waals surface area contributed by atoms with E-state index in [1.807, 2.05) is 30.3 Å². The molecule has 2 heterocycles. The van der Waals surface area contributed by atoms with Gasteiger partial charge in [-0.05, 0) is 48.4 Å². The van der Waals surface area contributed by atoms with Crippen molar-refractivity contribution in [3.8, 4) is 0 Å². The summed E-state index contributed by atoms with van der Waals surface area (Å²) < 4.78 is 13.8. The molecular formula is C25H20Br2N2O5S. The molecule has 1 atom stereocenters. The molecule has 0 fully saturated rings. The average Bonchev–Trinajstić information content (AvgIpc) is 3.14. The SMILES string of the molecule is CCOC(=O)C1=C(N)n2c(sc(=Cc3cccc(Br)c3)c2=O)=C(C(=O)OC)C1c1cccc(Br)c1. The Labute approximate surface area is 221 Å². The minimum atomic E-state index is -0.893. The molecule has 0 saturated heterocycles. The van der Waals surface area contributed by atoms with Gasteiger partial charge in [-0.15, -0.1) is 11.3 Å². The summed E-state index contributed by atoms with van der Waals surface area (Å²) in [4.78, 5) is 39.8. The lowest BCUT2D eigenvalue weighted by molar-refractivity contribution is -0.138. The molecule has 0 aliphatic carbocycles. The van der Waals surface area contributed by atoms with E-state index in [2.05, 4.69) is 31.9 Å². The zero-order valence-electron chi connectivity index (χ0n) is 18.7. The Morgan fingerprint density at radius 3 is 2.40 bits per heavy atom. The third-order valence-corrected chi connectivity index (χ3v) is 7.47. The molecule has 1 unspecified atom stereocenters. The van der Waals surface area contributed by atoms with Gasteiger partial charge in [0.15, 0.2) is 0 Å². The number of nitrogens with zero attached hydrogens (tertiary/aromatic N) is 1. The first-order valence-corrected chi connectivity index (χ1v) is 12.9. The van der Waals surface area contributed by atoms with Gasteiger partial charge >= 0.3 is 11.9 Å². The van der Waals surface area contributed by atoms with Gasteiger partial charge in [-0.25, -0.2) is 9.59 Å². The van der Waals surface area contributed by atoms with Crippen LogP contribution in [0.1, 0.15) is 24.0 Å². The molecule has 0 saturated carbocycles. The maximum absolute atomic E-state index is 13.5. The molecule has 0 radical (unpaired) electrons. The monoisotopic (exact) mass is 618 g/mol. The number of rotatable bonds is 5. The van der Waals surface area contributed by atoms with E-state index in [-0.39, 0.29) is 23.6 Å². The fourth-order valence-electron chi connectivity index (χ4n) is 3.93. The third kappa shape index (κ3) is 4.78. The molecule has 2 aromatic carbocycles. The van der Waals surface area contributed by atoms with Crippen LogP contribution in [0.3, 0.4) is 0 Å². The number of nitrogens with two attached hydrogens (primary N) is 1. The van der Waals surface area contributed by atoms with E-state index < -0.39 is 23.4 Å². The van der Waals surface area contributed by atoms with Crippen LogP contribution >= 0.6 is 43.2 Å². The van der Waals surface area contributed by atoms with Crippen molar-refractivity contribution >= 4 is 72.6 Å². The second-order valence-corrected chi connectivity index (χ2v) is 10.4. The number of aromatic nitrogens is 1. The zero-order valence-corrected chi connectivity index (χ0v) is 22.7. The summed E-state index contributed by atoms with van der Waals surface area (Å²) in [7, 11) is 1.25. The fourth-order valence-corrected chi connectivity index (χ4v) is 5.93. The number of halogens is 2. The van der Waals surface area contributed by atoms with Gasteiger partial charge in [-0.3, -0.25) is 9.36 Å². The van der Waals surface area contributed by atoms with Crippen LogP contribution in [0.15, 0.2) is 67.8 Å². The van der Waals surface area contributed by atoms with Gasteiger partial charge in [-0.1, -0.05) is 56.1 Å². The Hall–Kier alpha value is -2.95. The van der Waals surface area contributed by atoms with Crippen molar-refractivity contribution in [2.24, 2.45) is 5.73 Å². The van der Waals surface area contributed by atoms with Crippen LogP contribution < -0.4 is 20.5 Å². The number of benzene rings is 2. The molecule has 3 aromatic rings. The Kier molecular flexibility index (Phi) is 7.44. The highest BCUT2D eigenvalue weighted by molar-refractivity contribution is 9.10. The molecule has 0 spiro atoms. The molecule has 0 bridgehead atoms. The van der Waals surface area contributed by atoms with E-state index in [1.165, 1.54) is 11.7 Å². The van der Waals surface area contributed by atoms with Gasteiger partial charge in [0, 0.05) is 8.95 Å². The molecule has 10 heteroatoms. The lowest BCUT2D eigenvalue weighted by atomic mass is 9.83. The van der Waals surface area contributed by atoms with Crippen molar-refractivity contribution in [3.05, 3.63) is 93.7 Å². The summed E-state index contributed by atoms with van der Waals surface area (Å²) in [5, 5.41) is 0. The Morgan fingerprint density at radius 1 is 1.09 bits per heavy atom. The smallest absolute Gasteiger partial charge is 0.338 e. The summed E-state index contributed by atoms with van der Waals surface area (Å²) in [5.74, 6) is -2.35. The van der Waals surface area contributed by atoms with E-state index in [0.29, 0.717) is 14.8 Å². The van der Waals surface area contributed by atoms with Crippen LogP contribution in [0.25, 0.3) is 17.5 Å². The van der Waals surface area contributed by atoms with Gasteiger partial charge in [0.2, 0.25) is 0 Å². The van der Waals surface area contributed by atoms with Crippen molar-refractivity contribution in [2.75, 3.05) is 13.7 Å². The summed E-state index contributed by atoms with van der Waals surface area (Å²) in [6, 6.07) is 14.6. The van der Waals surface area contributed by atoms with Crippen molar-refractivity contribution in [2.45, 2.75) is 12.8 Å². The molecule has 35 heavy (non-hydrogen) atoms. The average molecular weight is 620 g/mol. The lowest BCUT2D eigenvalue weighted by Crippen LogP contribution is -2.41.